The highest BCUT2D eigenvalue weighted by Gasteiger charge is 2.17. The Hall–Kier alpha value is -2.56. The Morgan fingerprint density at radius 1 is 1.33 bits per heavy atom. The van der Waals surface area contributed by atoms with Gasteiger partial charge >= 0.3 is 5.97 Å². The van der Waals surface area contributed by atoms with Crippen LogP contribution < -0.4 is 4.74 Å². The zero-order valence-corrected chi connectivity index (χ0v) is 12.2. The number of aromatic nitrogens is 2. The Kier molecular flexibility index (Phi) is 3.25. The van der Waals surface area contributed by atoms with Crippen molar-refractivity contribution in [1.29, 1.82) is 0 Å². The van der Waals surface area contributed by atoms with Crippen LogP contribution in [0.4, 0.5) is 0 Å². The number of H-pyrrole nitrogens is 1. The lowest BCUT2D eigenvalue weighted by atomic mass is 10.1. The molecule has 1 N–H and O–H groups in total. The van der Waals surface area contributed by atoms with Gasteiger partial charge in [-0.3, -0.25) is 4.98 Å². The van der Waals surface area contributed by atoms with Gasteiger partial charge in [-0.1, -0.05) is 0 Å². The van der Waals surface area contributed by atoms with E-state index < -0.39 is 0 Å². The highest BCUT2D eigenvalue weighted by atomic mass is 16.5. The van der Waals surface area contributed by atoms with E-state index in [0.29, 0.717) is 17.7 Å². The van der Waals surface area contributed by atoms with Crippen molar-refractivity contribution in [3.63, 3.8) is 0 Å². The Morgan fingerprint density at radius 2 is 2.14 bits per heavy atom. The molecule has 0 aliphatic rings. The second-order valence-corrected chi connectivity index (χ2v) is 4.79. The van der Waals surface area contributed by atoms with Gasteiger partial charge in [0.05, 0.1) is 35.8 Å². The molecule has 0 atom stereocenters. The van der Waals surface area contributed by atoms with Crippen LogP contribution in [0.25, 0.3) is 21.9 Å². The van der Waals surface area contributed by atoms with Crippen LogP contribution in [-0.2, 0) is 4.74 Å². The summed E-state index contributed by atoms with van der Waals surface area (Å²) in [5, 5.41) is 0.958. The maximum Gasteiger partial charge on any atom is 0.340 e. The largest absolute Gasteiger partial charge is 0.497 e. The summed E-state index contributed by atoms with van der Waals surface area (Å²) in [6.07, 6.45) is 0. The summed E-state index contributed by atoms with van der Waals surface area (Å²) < 4.78 is 10.3. The molecule has 0 unspecified atom stereocenters. The number of fused-ring (bicyclic) bond motifs is 3. The standard InChI is InChI=1S/C16H16N2O3/c1-4-21-16(19)12-7-9(2)17-14-11-6-5-10(20-3)8-13(11)18-15(12)14/h5-8,18H,4H2,1-3H3. The number of hydrogen-bond acceptors (Lipinski definition) is 4. The summed E-state index contributed by atoms with van der Waals surface area (Å²) in [7, 11) is 1.62. The third-order valence-corrected chi connectivity index (χ3v) is 3.38. The number of hydrogen-bond donors (Lipinski definition) is 1. The van der Waals surface area contributed by atoms with Gasteiger partial charge in [-0.2, -0.15) is 0 Å². The smallest absolute Gasteiger partial charge is 0.340 e. The van der Waals surface area contributed by atoms with Gasteiger partial charge in [0.1, 0.15) is 5.75 Å². The molecule has 21 heavy (non-hydrogen) atoms. The lowest BCUT2D eigenvalue weighted by molar-refractivity contribution is 0.0528. The van der Waals surface area contributed by atoms with E-state index >= 15 is 0 Å². The van der Waals surface area contributed by atoms with E-state index in [1.807, 2.05) is 25.1 Å². The summed E-state index contributed by atoms with van der Waals surface area (Å²) in [5.41, 5.74) is 3.64. The number of rotatable bonds is 3. The van der Waals surface area contributed by atoms with Crippen LogP contribution in [-0.4, -0.2) is 29.7 Å². The van der Waals surface area contributed by atoms with Crippen molar-refractivity contribution in [2.24, 2.45) is 0 Å². The highest BCUT2D eigenvalue weighted by Crippen LogP contribution is 2.29. The molecule has 3 aromatic rings. The summed E-state index contributed by atoms with van der Waals surface area (Å²) in [6, 6.07) is 7.45. The van der Waals surface area contributed by atoms with Gasteiger partial charge in [-0.25, -0.2) is 4.79 Å². The Labute approximate surface area is 121 Å². The first kappa shape index (κ1) is 13.4. The van der Waals surface area contributed by atoms with Gasteiger partial charge in [0.15, 0.2) is 0 Å². The van der Waals surface area contributed by atoms with Crippen molar-refractivity contribution >= 4 is 27.9 Å². The summed E-state index contributed by atoms with van der Waals surface area (Å²) >= 11 is 0. The van der Waals surface area contributed by atoms with E-state index in [1.165, 1.54) is 0 Å². The molecule has 0 aliphatic carbocycles. The number of esters is 1. The molecular weight excluding hydrogens is 268 g/mol. The number of ether oxygens (including phenoxy) is 2. The minimum absolute atomic E-state index is 0.341. The highest BCUT2D eigenvalue weighted by molar-refractivity contribution is 6.12. The number of nitrogens with one attached hydrogen (secondary N) is 1. The molecule has 2 heterocycles. The Morgan fingerprint density at radius 3 is 2.86 bits per heavy atom. The molecular formula is C16H16N2O3. The van der Waals surface area contributed by atoms with E-state index in [1.54, 1.807) is 20.1 Å². The number of methoxy groups -OCH3 is 1. The lowest BCUT2D eigenvalue weighted by Crippen LogP contribution is -2.06. The van der Waals surface area contributed by atoms with Crippen molar-refractivity contribution in [3.05, 3.63) is 35.5 Å². The summed E-state index contributed by atoms with van der Waals surface area (Å²) in [6.45, 7) is 4.00. The van der Waals surface area contributed by atoms with Crippen LogP contribution in [0.3, 0.4) is 0 Å². The monoisotopic (exact) mass is 284 g/mol. The van der Waals surface area contributed by atoms with E-state index in [9.17, 15) is 4.79 Å². The summed E-state index contributed by atoms with van der Waals surface area (Å²) in [5.74, 6) is 0.412. The minimum atomic E-state index is -0.341. The lowest BCUT2D eigenvalue weighted by Gasteiger charge is -2.04. The molecule has 2 aromatic heterocycles. The molecule has 0 bridgehead atoms. The van der Waals surface area contributed by atoms with Crippen molar-refractivity contribution in [2.45, 2.75) is 13.8 Å². The number of benzene rings is 1. The average Bonchev–Trinajstić information content (AvgIpc) is 2.84. The van der Waals surface area contributed by atoms with Gasteiger partial charge < -0.3 is 14.5 Å². The zero-order chi connectivity index (χ0) is 15.0. The van der Waals surface area contributed by atoms with Crippen LogP contribution >= 0.6 is 0 Å². The second-order valence-electron chi connectivity index (χ2n) is 4.79. The molecule has 1 aromatic carbocycles. The number of carbonyl (C=O) groups is 1. The first-order chi connectivity index (χ1) is 10.1. The fourth-order valence-electron chi connectivity index (χ4n) is 2.46. The van der Waals surface area contributed by atoms with Gasteiger partial charge in [-0.05, 0) is 32.0 Å². The van der Waals surface area contributed by atoms with Crippen molar-refractivity contribution in [2.75, 3.05) is 13.7 Å². The predicted octanol–water partition coefficient (Wildman–Crippen LogP) is 3.21. The molecule has 0 fully saturated rings. The number of carbonyl (C=O) groups excluding carboxylic acids is 1. The van der Waals surface area contributed by atoms with Crippen molar-refractivity contribution in [1.82, 2.24) is 9.97 Å². The first-order valence-electron chi connectivity index (χ1n) is 6.78. The van der Waals surface area contributed by atoms with E-state index in [0.717, 1.165) is 27.9 Å². The molecule has 0 saturated carbocycles. The number of nitrogens with zero attached hydrogens (tertiary/aromatic N) is 1. The predicted molar refractivity (Wildman–Crippen MR) is 80.8 cm³/mol. The van der Waals surface area contributed by atoms with Gasteiger partial charge in [0.2, 0.25) is 0 Å². The zero-order valence-electron chi connectivity index (χ0n) is 12.2. The average molecular weight is 284 g/mol. The molecule has 5 heteroatoms. The molecule has 3 rings (SSSR count). The number of pyridine rings is 1. The minimum Gasteiger partial charge on any atom is -0.497 e. The molecule has 0 spiro atoms. The van der Waals surface area contributed by atoms with Crippen LogP contribution in [0, 0.1) is 6.92 Å². The maximum absolute atomic E-state index is 12.1. The van der Waals surface area contributed by atoms with Crippen LogP contribution in [0.2, 0.25) is 0 Å². The second kappa shape index (κ2) is 5.09. The van der Waals surface area contributed by atoms with Crippen molar-refractivity contribution < 1.29 is 14.3 Å². The molecule has 0 radical (unpaired) electrons. The van der Waals surface area contributed by atoms with Crippen molar-refractivity contribution in [3.8, 4) is 5.75 Å². The van der Waals surface area contributed by atoms with Crippen LogP contribution in [0.15, 0.2) is 24.3 Å². The maximum atomic E-state index is 12.1. The Balaban J connectivity index is 2.31. The van der Waals surface area contributed by atoms with Gasteiger partial charge in [0.25, 0.3) is 0 Å². The van der Waals surface area contributed by atoms with Crippen LogP contribution in [0.5, 0.6) is 5.75 Å². The summed E-state index contributed by atoms with van der Waals surface area (Å²) in [4.78, 5) is 19.9. The molecule has 0 saturated heterocycles. The number of aromatic amines is 1. The SMILES string of the molecule is CCOC(=O)c1cc(C)nc2c1[nH]c1cc(OC)ccc12. The third-order valence-electron chi connectivity index (χ3n) is 3.38. The fourth-order valence-corrected chi connectivity index (χ4v) is 2.46. The normalized spacial score (nSPS) is 11.0. The third kappa shape index (κ3) is 2.20. The topological polar surface area (TPSA) is 64.2 Å². The van der Waals surface area contributed by atoms with E-state index in [4.69, 9.17) is 9.47 Å². The molecule has 108 valence electrons. The van der Waals surface area contributed by atoms with Gasteiger partial charge in [0, 0.05) is 17.1 Å². The first-order valence-corrected chi connectivity index (χ1v) is 6.78. The van der Waals surface area contributed by atoms with E-state index in [-0.39, 0.29) is 5.97 Å². The Bertz CT molecular complexity index is 836. The van der Waals surface area contributed by atoms with Gasteiger partial charge in [-0.15, -0.1) is 0 Å². The van der Waals surface area contributed by atoms with E-state index in [2.05, 4.69) is 9.97 Å². The fraction of sp³-hybridized carbons (Fsp3) is 0.250. The molecule has 0 amide bonds. The van der Waals surface area contributed by atoms with Crippen LogP contribution in [0.1, 0.15) is 23.0 Å². The molecule has 0 aliphatic heterocycles. The quantitative estimate of drug-likeness (QED) is 0.750. The molecule has 5 nitrogen and oxygen atoms in total. The number of aryl methyl sites for hydroxylation is 1.